The summed E-state index contributed by atoms with van der Waals surface area (Å²) < 4.78 is 54.5. The smallest absolute Gasteiger partial charge is 0.347 e. The summed E-state index contributed by atoms with van der Waals surface area (Å²) in [7, 11) is -8.37. The number of aromatic amines is 1. The number of aromatic nitrogens is 1. The second kappa shape index (κ2) is 2.81. The largest absolute Gasteiger partial charge is 0.349 e. The number of halogens is 1. The molecule has 0 bridgehead atoms. The van der Waals surface area contributed by atoms with E-state index in [-0.39, 0.29) is 4.90 Å². The Hall–Kier alpha value is -0.890. The first kappa shape index (κ1) is 10.2. The quantitative estimate of drug-likeness (QED) is 0.725. The van der Waals surface area contributed by atoms with Crippen molar-refractivity contribution in [3.05, 3.63) is 12.3 Å². The molecule has 1 rings (SSSR count). The molecule has 0 aliphatic rings. The number of rotatable bonds is 2. The van der Waals surface area contributed by atoms with Gasteiger partial charge in [-0.15, -0.1) is 0 Å². The third-order valence-electron chi connectivity index (χ3n) is 1.32. The van der Waals surface area contributed by atoms with Crippen LogP contribution >= 0.6 is 0 Å². The molecule has 1 heterocycles. The molecule has 0 saturated carbocycles. The minimum atomic E-state index is -4.86. The maximum absolute atomic E-state index is 12.3. The van der Waals surface area contributed by atoms with Crippen molar-refractivity contribution in [1.82, 2.24) is 4.98 Å². The highest BCUT2D eigenvalue weighted by Crippen LogP contribution is 2.15. The second-order valence-electron chi connectivity index (χ2n) is 2.41. The lowest BCUT2D eigenvalue weighted by Gasteiger charge is -1.87. The van der Waals surface area contributed by atoms with Crippen molar-refractivity contribution in [3.63, 3.8) is 0 Å². The molecule has 0 amide bonds. The van der Waals surface area contributed by atoms with Gasteiger partial charge in [0, 0.05) is 12.5 Å². The van der Waals surface area contributed by atoms with Gasteiger partial charge in [0.1, 0.15) is 0 Å². The van der Waals surface area contributed by atoms with E-state index in [0.717, 1.165) is 18.5 Å². The van der Waals surface area contributed by atoms with Gasteiger partial charge in [-0.25, -0.2) is 8.42 Å². The Kier molecular flexibility index (Phi) is 2.20. The van der Waals surface area contributed by atoms with E-state index in [9.17, 15) is 20.7 Å². The first-order valence-electron chi connectivity index (χ1n) is 3.04. The van der Waals surface area contributed by atoms with Gasteiger partial charge in [0.05, 0.1) is 4.90 Å². The van der Waals surface area contributed by atoms with Crippen LogP contribution in [0.1, 0.15) is 0 Å². The zero-order valence-electron chi connectivity index (χ0n) is 6.48. The molecule has 1 aromatic heterocycles. The molecular formula is C5H6FNO4S2. The highest BCUT2D eigenvalue weighted by atomic mass is 32.3. The summed E-state index contributed by atoms with van der Waals surface area (Å²) in [5, 5.41) is -0.757. The fourth-order valence-corrected chi connectivity index (χ4v) is 1.86. The maximum atomic E-state index is 12.3. The van der Waals surface area contributed by atoms with Crippen molar-refractivity contribution in [2.45, 2.75) is 9.92 Å². The Morgan fingerprint density at radius 1 is 1.31 bits per heavy atom. The molecule has 0 aliphatic heterocycles. The predicted molar refractivity (Wildman–Crippen MR) is 42.2 cm³/mol. The van der Waals surface area contributed by atoms with E-state index in [1.54, 1.807) is 0 Å². The van der Waals surface area contributed by atoms with Gasteiger partial charge in [-0.05, 0) is 6.07 Å². The molecule has 1 aromatic rings. The molecule has 0 spiro atoms. The van der Waals surface area contributed by atoms with Gasteiger partial charge in [0.15, 0.2) is 14.9 Å². The number of H-pyrrole nitrogens is 1. The van der Waals surface area contributed by atoms with Crippen LogP contribution in [0, 0.1) is 0 Å². The average Bonchev–Trinajstić information content (AvgIpc) is 2.28. The summed E-state index contributed by atoms with van der Waals surface area (Å²) in [6.07, 6.45) is 1.81. The highest BCUT2D eigenvalue weighted by molar-refractivity contribution is 7.90. The Morgan fingerprint density at radius 3 is 2.08 bits per heavy atom. The standard InChI is InChI=1S/C5H6FNO4S2/c1-12(8,9)4-2-5(7-3-4)13(6,10)11/h2-3,7H,1H3. The Morgan fingerprint density at radius 2 is 1.85 bits per heavy atom. The predicted octanol–water partition coefficient (Wildman–Crippen LogP) is 0.0764. The summed E-state index contributed by atoms with van der Waals surface area (Å²) in [5.41, 5.74) is 0. The highest BCUT2D eigenvalue weighted by Gasteiger charge is 2.17. The molecule has 0 saturated heterocycles. The normalized spacial score (nSPS) is 13.1. The van der Waals surface area contributed by atoms with Crippen LogP contribution in [0.2, 0.25) is 0 Å². The molecule has 0 fully saturated rings. The number of sulfone groups is 1. The van der Waals surface area contributed by atoms with Crippen LogP contribution in [0.25, 0.3) is 0 Å². The molecule has 74 valence electrons. The lowest BCUT2D eigenvalue weighted by molar-refractivity contribution is 0.548. The van der Waals surface area contributed by atoms with Crippen LogP contribution in [0.4, 0.5) is 3.89 Å². The van der Waals surface area contributed by atoms with Gasteiger partial charge in [-0.1, -0.05) is 3.89 Å². The van der Waals surface area contributed by atoms with Crippen LogP contribution in [-0.2, 0) is 20.1 Å². The molecule has 5 nitrogen and oxygen atoms in total. The van der Waals surface area contributed by atoms with Gasteiger partial charge in [0.2, 0.25) is 0 Å². The molecule has 0 unspecified atom stereocenters. The van der Waals surface area contributed by atoms with Crippen LogP contribution < -0.4 is 0 Å². The lowest BCUT2D eigenvalue weighted by Crippen LogP contribution is -1.94. The Bertz CT molecular complexity index is 466. The molecule has 13 heavy (non-hydrogen) atoms. The molecule has 0 radical (unpaired) electrons. The fraction of sp³-hybridized carbons (Fsp3) is 0.200. The molecule has 0 atom stereocenters. The van der Waals surface area contributed by atoms with Crippen LogP contribution in [0.3, 0.4) is 0 Å². The van der Waals surface area contributed by atoms with Crippen molar-refractivity contribution >= 4 is 20.1 Å². The summed E-state index contributed by atoms with van der Waals surface area (Å²) in [6.45, 7) is 0. The molecule has 0 aliphatic carbocycles. The van der Waals surface area contributed by atoms with Gasteiger partial charge < -0.3 is 4.98 Å². The van der Waals surface area contributed by atoms with E-state index in [1.165, 1.54) is 0 Å². The molecule has 1 N–H and O–H groups in total. The summed E-state index contributed by atoms with van der Waals surface area (Å²) in [4.78, 5) is 1.75. The lowest BCUT2D eigenvalue weighted by atomic mass is 10.7. The maximum Gasteiger partial charge on any atom is 0.347 e. The minimum Gasteiger partial charge on any atom is -0.349 e. The topological polar surface area (TPSA) is 84.1 Å². The van der Waals surface area contributed by atoms with Crippen molar-refractivity contribution in [2.75, 3.05) is 6.26 Å². The zero-order chi connectivity index (χ0) is 10.3. The minimum absolute atomic E-state index is 0.260. The summed E-state index contributed by atoms with van der Waals surface area (Å²) >= 11 is 0. The van der Waals surface area contributed by atoms with Gasteiger partial charge >= 0.3 is 10.2 Å². The molecule has 0 aromatic carbocycles. The van der Waals surface area contributed by atoms with E-state index < -0.39 is 25.1 Å². The Balaban J connectivity index is 3.32. The number of hydrogen-bond donors (Lipinski definition) is 1. The van der Waals surface area contributed by atoms with Crippen LogP contribution in [-0.4, -0.2) is 28.1 Å². The Labute approximate surface area is 74.7 Å². The molecule has 8 heteroatoms. The number of hydrogen-bond acceptors (Lipinski definition) is 4. The van der Waals surface area contributed by atoms with Crippen molar-refractivity contribution in [3.8, 4) is 0 Å². The average molecular weight is 227 g/mol. The van der Waals surface area contributed by atoms with E-state index in [1.807, 2.05) is 4.98 Å². The third kappa shape index (κ3) is 2.28. The van der Waals surface area contributed by atoms with E-state index in [2.05, 4.69) is 0 Å². The fourth-order valence-electron chi connectivity index (χ4n) is 0.710. The summed E-state index contributed by atoms with van der Waals surface area (Å²) in [6, 6.07) is 0.727. The monoisotopic (exact) mass is 227 g/mol. The van der Waals surface area contributed by atoms with E-state index in [4.69, 9.17) is 0 Å². The van der Waals surface area contributed by atoms with Crippen LogP contribution in [0.5, 0.6) is 0 Å². The van der Waals surface area contributed by atoms with Crippen molar-refractivity contribution < 1.29 is 20.7 Å². The van der Waals surface area contributed by atoms with Crippen LogP contribution in [0.15, 0.2) is 22.2 Å². The van der Waals surface area contributed by atoms with Gasteiger partial charge in [-0.2, -0.15) is 8.42 Å². The summed E-state index contributed by atoms with van der Waals surface area (Å²) in [5.74, 6) is 0. The zero-order valence-corrected chi connectivity index (χ0v) is 8.12. The first-order valence-corrected chi connectivity index (χ1v) is 6.32. The van der Waals surface area contributed by atoms with Gasteiger partial charge in [-0.3, -0.25) is 0 Å². The van der Waals surface area contributed by atoms with E-state index >= 15 is 0 Å². The number of nitrogens with one attached hydrogen (secondary N) is 1. The first-order chi connectivity index (χ1) is 5.71. The van der Waals surface area contributed by atoms with Gasteiger partial charge in [0.25, 0.3) is 0 Å². The van der Waals surface area contributed by atoms with Crippen molar-refractivity contribution in [1.29, 1.82) is 0 Å². The second-order valence-corrected chi connectivity index (χ2v) is 5.74. The third-order valence-corrected chi connectivity index (χ3v) is 3.17. The SMILES string of the molecule is CS(=O)(=O)c1c[nH]c(S(=O)(=O)F)c1. The van der Waals surface area contributed by atoms with Crippen molar-refractivity contribution in [2.24, 2.45) is 0 Å². The van der Waals surface area contributed by atoms with E-state index in [0.29, 0.717) is 0 Å². The molecular weight excluding hydrogens is 221 g/mol.